The Hall–Kier alpha value is -0.450. The van der Waals surface area contributed by atoms with Crippen LogP contribution in [0.25, 0.3) is 0 Å². The zero-order chi connectivity index (χ0) is 12.1. The summed E-state index contributed by atoms with van der Waals surface area (Å²) in [7, 11) is 6.16. The van der Waals surface area contributed by atoms with Crippen LogP contribution in [-0.2, 0) is 19.5 Å². The maximum Gasteiger partial charge on any atom is 0.107 e. The number of rotatable bonds is 6. The van der Waals surface area contributed by atoms with E-state index in [-0.39, 0.29) is 0 Å². The molecule has 0 saturated heterocycles. The smallest absolute Gasteiger partial charge is 0.107 e. The van der Waals surface area contributed by atoms with Crippen molar-refractivity contribution in [1.82, 2.24) is 15.2 Å². The molecule has 0 atom stereocenters. The highest BCUT2D eigenvalue weighted by Gasteiger charge is 2.12. The van der Waals surface area contributed by atoms with Crippen molar-refractivity contribution >= 4 is 11.3 Å². The molecular formula is C12H23N3S. The molecule has 1 aromatic rings. The quantitative estimate of drug-likeness (QED) is 0.827. The van der Waals surface area contributed by atoms with Gasteiger partial charge in [-0.15, -0.1) is 11.3 Å². The number of thiazole rings is 1. The number of nitrogens with one attached hydrogen (secondary N) is 1. The molecule has 92 valence electrons. The average Bonchev–Trinajstić information content (AvgIpc) is 2.46. The van der Waals surface area contributed by atoms with Crippen molar-refractivity contribution in [3.05, 3.63) is 15.6 Å². The van der Waals surface area contributed by atoms with E-state index in [1.807, 2.05) is 18.4 Å². The summed E-state index contributed by atoms with van der Waals surface area (Å²) in [6.07, 6.45) is 1.08. The molecule has 0 fully saturated rings. The maximum atomic E-state index is 4.75. The van der Waals surface area contributed by atoms with Gasteiger partial charge in [0, 0.05) is 18.0 Å². The van der Waals surface area contributed by atoms with Crippen molar-refractivity contribution in [2.75, 3.05) is 21.1 Å². The van der Waals surface area contributed by atoms with Crippen LogP contribution in [0.4, 0.5) is 0 Å². The van der Waals surface area contributed by atoms with Gasteiger partial charge in [-0.2, -0.15) is 0 Å². The Bertz CT molecular complexity index is 318. The zero-order valence-corrected chi connectivity index (χ0v) is 11.8. The summed E-state index contributed by atoms with van der Waals surface area (Å²) in [6, 6.07) is 0. The lowest BCUT2D eigenvalue weighted by Crippen LogP contribution is -2.10. The van der Waals surface area contributed by atoms with Gasteiger partial charge in [-0.25, -0.2) is 4.98 Å². The second kappa shape index (κ2) is 6.33. The van der Waals surface area contributed by atoms with Gasteiger partial charge in [-0.1, -0.05) is 13.8 Å². The van der Waals surface area contributed by atoms with Gasteiger partial charge >= 0.3 is 0 Å². The molecule has 0 aromatic carbocycles. The molecule has 1 heterocycles. The van der Waals surface area contributed by atoms with Crippen LogP contribution in [-0.4, -0.2) is 31.0 Å². The van der Waals surface area contributed by atoms with Crippen LogP contribution >= 0.6 is 11.3 Å². The molecule has 0 saturated carbocycles. The van der Waals surface area contributed by atoms with Gasteiger partial charge in [0.05, 0.1) is 5.69 Å². The highest BCUT2D eigenvalue weighted by Crippen LogP contribution is 2.22. The standard InChI is InChI=1S/C12H23N3S/c1-9(2)6-10-11(7-13-3)16-12(14-10)8-15(4)5/h9,13H,6-8H2,1-5H3. The van der Waals surface area contributed by atoms with Crippen molar-refractivity contribution in [3.63, 3.8) is 0 Å². The van der Waals surface area contributed by atoms with Gasteiger partial charge in [-0.05, 0) is 33.5 Å². The lowest BCUT2D eigenvalue weighted by atomic mass is 10.1. The molecule has 0 aliphatic carbocycles. The number of nitrogens with zero attached hydrogens (tertiary/aromatic N) is 2. The van der Waals surface area contributed by atoms with Gasteiger partial charge in [0.15, 0.2) is 0 Å². The SMILES string of the molecule is CNCc1sc(CN(C)C)nc1CC(C)C. The Balaban J connectivity index is 2.81. The molecule has 3 nitrogen and oxygen atoms in total. The molecule has 0 aliphatic rings. The second-order valence-corrected chi connectivity index (χ2v) is 6.01. The third-order valence-electron chi connectivity index (χ3n) is 2.21. The fourth-order valence-electron chi connectivity index (χ4n) is 1.62. The third kappa shape index (κ3) is 4.20. The van der Waals surface area contributed by atoms with E-state index in [2.05, 4.69) is 38.2 Å². The van der Waals surface area contributed by atoms with Crippen molar-refractivity contribution in [3.8, 4) is 0 Å². The summed E-state index contributed by atoms with van der Waals surface area (Å²) in [6.45, 7) is 6.37. The minimum atomic E-state index is 0.671. The molecule has 0 unspecified atom stereocenters. The van der Waals surface area contributed by atoms with E-state index in [4.69, 9.17) is 4.98 Å². The second-order valence-electron chi connectivity index (χ2n) is 4.84. The molecule has 0 spiro atoms. The van der Waals surface area contributed by atoms with Crippen LogP contribution in [0.15, 0.2) is 0 Å². The van der Waals surface area contributed by atoms with Gasteiger partial charge in [0.25, 0.3) is 0 Å². The fraction of sp³-hybridized carbons (Fsp3) is 0.750. The number of aromatic nitrogens is 1. The topological polar surface area (TPSA) is 28.2 Å². The maximum absolute atomic E-state index is 4.75. The Morgan fingerprint density at radius 2 is 2.06 bits per heavy atom. The Kier molecular flexibility index (Phi) is 5.38. The summed E-state index contributed by atoms with van der Waals surface area (Å²) < 4.78 is 0. The molecule has 0 aliphatic heterocycles. The lowest BCUT2D eigenvalue weighted by molar-refractivity contribution is 0.401. The highest BCUT2D eigenvalue weighted by atomic mass is 32.1. The van der Waals surface area contributed by atoms with E-state index in [0.717, 1.165) is 19.5 Å². The van der Waals surface area contributed by atoms with E-state index in [1.54, 1.807) is 0 Å². The van der Waals surface area contributed by atoms with Crippen molar-refractivity contribution < 1.29 is 0 Å². The molecule has 4 heteroatoms. The minimum absolute atomic E-state index is 0.671. The van der Waals surface area contributed by atoms with E-state index in [0.29, 0.717) is 5.92 Å². The Morgan fingerprint density at radius 3 is 2.56 bits per heavy atom. The van der Waals surface area contributed by atoms with Crippen molar-refractivity contribution in [2.45, 2.75) is 33.4 Å². The molecule has 0 amide bonds. The van der Waals surface area contributed by atoms with Crippen molar-refractivity contribution in [1.29, 1.82) is 0 Å². The zero-order valence-electron chi connectivity index (χ0n) is 11.0. The first-order valence-electron chi connectivity index (χ1n) is 5.79. The molecule has 0 radical (unpaired) electrons. The van der Waals surface area contributed by atoms with Crippen LogP contribution in [0.3, 0.4) is 0 Å². The van der Waals surface area contributed by atoms with E-state index in [1.165, 1.54) is 15.6 Å². The molecule has 16 heavy (non-hydrogen) atoms. The van der Waals surface area contributed by atoms with Gasteiger partial charge in [0.2, 0.25) is 0 Å². The normalized spacial score (nSPS) is 11.7. The predicted octanol–water partition coefficient (Wildman–Crippen LogP) is 2.12. The Labute approximate surface area is 103 Å². The number of hydrogen-bond acceptors (Lipinski definition) is 4. The van der Waals surface area contributed by atoms with E-state index < -0.39 is 0 Å². The fourth-order valence-corrected chi connectivity index (χ4v) is 2.85. The molecule has 1 N–H and O–H groups in total. The first kappa shape index (κ1) is 13.6. The van der Waals surface area contributed by atoms with Crippen LogP contribution < -0.4 is 5.32 Å². The summed E-state index contributed by atoms with van der Waals surface area (Å²) in [5.41, 5.74) is 1.28. The average molecular weight is 241 g/mol. The van der Waals surface area contributed by atoms with Crippen LogP contribution in [0, 0.1) is 5.92 Å². The van der Waals surface area contributed by atoms with Gasteiger partial charge < -0.3 is 10.2 Å². The number of hydrogen-bond donors (Lipinski definition) is 1. The van der Waals surface area contributed by atoms with E-state index >= 15 is 0 Å². The summed E-state index contributed by atoms with van der Waals surface area (Å²) in [5, 5.41) is 4.45. The predicted molar refractivity (Wildman–Crippen MR) is 70.8 cm³/mol. The molecule has 1 aromatic heterocycles. The molecule has 1 rings (SSSR count). The largest absolute Gasteiger partial charge is 0.315 e. The van der Waals surface area contributed by atoms with Crippen molar-refractivity contribution in [2.24, 2.45) is 5.92 Å². The van der Waals surface area contributed by atoms with Crippen LogP contribution in [0.5, 0.6) is 0 Å². The van der Waals surface area contributed by atoms with Crippen LogP contribution in [0.1, 0.15) is 29.4 Å². The minimum Gasteiger partial charge on any atom is -0.315 e. The third-order valence-corrected chi connectivity index (χ3v) is 3.30. The summed E-state index contributed by atoms with van der Waals surface area (Å²) >= 11 is 1.84. The molecule has 0 bridgehead atoms. The van der Waals surface area contributed by atoms with Gasteiger partial charge in [0.1, 0.15) is 5.01 Å². The summed E-state index contributed by atoms with van der Waals surface area (Å²) in [4.78, 5) is 8.31. The Morgan fingerprint density at radius 1 is 1.38 bits per heavy atom. The van der Waals surface area contributed by atoms with Crippen LogP contribution in [0.2, 0.25) is 0 Å². The lowest BCUT2D eigenvalue weighted by Gasteiger charge is -2.05. The molecular weight excluding hydrogens is 218 g/mol. The summed E-state index contributed by atoms with van der Waals surface area (Å²) in [5.74, 6) is 0.671. The highest BCUT2D eigenvalue weighted by molar-refractivity contribution is 7.11. The van der Waals surface area contributed by atoms with Gasteiger partial charge in [-0.3, -0.25) is 0 Å². The first-order chi connectivity index (χ1) is 7.52. The van der Waals surface area contributed by atoms with E-state index in [9.17, 15) is 0 Å². The first-order valence-corrected chi connectivity index (χ1v) is 6.61. The monoisotopic (exact) mass is 241 g/mol.